The van der Waals surface area contributed by atoms with Gasteiger partial charge < -0.3 is 10.6 Å². The van der Waals surface area contributed by atoms with Crippen LogP contribution in [0.4, 0.5) is 0 Å². The van der Waals surface area contributed by atoms with E-state index in [2.05, 4.69) is 10.6 Å². The van der Waals surface area contributed by atoms with E-state index in [9.17, 15) is 9.59 Å². The zero-order valence-corrected chi connectivity index (χ0v) is 12.0. The quantitative estimate of drug-likeness (QED) is 0.887. The number of carbonyl (C=O) groups excluding carboxylic acids is 2. The van der Waals surface area contributed by atoms with Crippen molar-refractivity contribution in [1.29, 1.82) is 0 Å². The smallest absolute Gasteiger partial charge is 0.251 e. The summed E-state index contributed by atoms with van der Waals surface area (Å²) in [6, 6.07) is 11.2. The molecule has 4 nitrogen and oxygen atoms in total. The first-order valence-electron chi connectivity index (χ1n) is 6.29. The van der Waals surface area contributed by atoms with E-state index in [-0.39, 0.29) is 11.8 Å². The van der Waals surface area contributed by atoms with Gasteiger partial charge in [0.15, 0.2) is 0 Å². The number of benzene rings is 1. The summed E-state index contributed by atoms with van der Waals surface area (Å²) in [5, 5.41) is 7.57. The first-order valence-corrected chi connectivity index (χ1v) is 7.17. The first kappa shape index (κ1) is 14.3. The maximum Gasteiger partial charge on any atom is 0.251 e. The number of hydrogen-bond donors (Lipinski definition) is 2. The molecule has 0 aliphatic heterocycles. The fourth-order valence-corrected chi connectivity index (χ4v) is 2.33. The fraction of sp³-hybridized carbons (Fsp3) is 0.200. The van der Waals surface area contributed by atoms with E-state index in [0.29, 0.717) is 18.7 Å². The van der Waals surface area contributed by atoms with Gasteiger partial charge in [0.25, 0.3) is 5.91 Å². The van der Waals surface area contributed by atoms with Crippen molar-refractivity contribution in [3.8, 4) is 0 Å². The Balaban J connectivity index is 1.88. The molecule has 2 N–H and O–H groups in total. The molecule has 2 rings (SSSR count). The van der Waals surface area contributed by atoms with E-state index < -0.39 is 0 Å². The SMILES string of the molecule is CC(=O)NCc1ccc(C(=O)NCc2cccs2)cc1. The van der Waals surface area contributed by atoms with Gasteiger partial charge in [-0.05, 0) is 29.1 Å². The van der Waals surface area contributed by atoms with Crippen molar-refractivity contribution in [2.45, 2.75) is 20.0 Å². The zero-order valence-electron chi connectivity index (χ0n) is 11.2. The van der Waals surface area contributed by atoms with Crippen LogP contribution in [0.25, 0.3) is 0 Å². The van der Waals surface area contributed by atoms with E-state index in [1.807, 2.05) is 29.6 Å². The molecule has 0 bridgehead atoms. The minimum absolute atomic E-state index is 0.0669. The lowest BCUT2D eigenvalue weighted by Gasteiger charge is -2.06. The third kappa shape index (κ3) is 4.20. The Labute approximate surface area is 121 Å². The normalized spacial score (nSPS) is 10.1. The molecule has 2 aromatic rings. The van der Waals surface area contributed by atoms with Gasteiger partial charge in [0.2, 0.25) is 5.91 Å². The predicted octanol–water partition coefficient (Wildman–Crippen LogP) is 2.31. The molecule has 1 aromatic carbocycles. The topological polar surface area (TPSA) is 58.2 Å². The van der Waals surface area contributed by atoms with Crippen molar-refractivity contribution >= 4 is 23.2 Å². The highest BCUT2D eigenvalue weighted by molar-refractivity contribution is 7.09. The molecular formula is C15H16N2O2S. The second-order valence-electron chi connectivity index (χ2n) is 4.37. The van der Waals surface area contributed by atoms with E-state index in [1.165, 1.54) is 6.92 Å². The van der Waals surface area contributed by atoms with Gasteiger partial charge in [-0.3, -0.25) is 9.59 Å². The molecule has 0 saturated carbocycles. The molecule has 5 heteroatoms. The summed E-state index contributed by atoms with van der Waals surface area (Å²) in [5.41, 5.74) is 1.59. The number of rotatable bonds is 5. The summed E-state index contributed by atoms with van der Waals surface area (Å²) in [6.45, 7) is 2.50. The molecule has 0 aliphatic carbocycles. The van der Waals surface area contributed by atoms with Crippen molar-refractivity contribution < 1.29 is 9.59 Å². The number of nitrogens with one attached hydrogen (secondary N) is 2. The Bertz CT molecular complexity index is 576. The van der Waals surface area contributed by atoms with Crippen molar-refractivity contribution in [3.63, 3.8) is 0 Å². The first-order chi connectivity index (χ1) is 9.65. The second-order valence-corrected chi connectivity index (χ2v) is 5.40. The lowest BCUT2D eigenvalue weighted by molar-refractivity contribution is -0.119. The van der Waals surface area contributed by atoms with E-state index in [1.54, 1.807) is 23.5 Å². The van der Waals surface area contributed by atoms with Crippen LogP contribution in [0.15, 0.2) is 41.8 Å². The lowest BCUT2D eigenvalue weighted by Crippen LogP contribution is -2.22. The van der Waals surface area contributed by atoms with Gasteiger partial charge in [-0.1, -0.05) is 18.2 Å². The average molecular weight is 288 g/mol. The summed E-state index contributed by atoms with van der Waals surface area (Å²) in [5.74, 6) is -0.160. The largest absolute Gasteiger partial charge is 0.352 e. The molecule has 0 saturated heterocycles. The molecule has 0 fully saturated rings. The fourth-order valence-electron chi connectivity index (χ4n) is 1.68. The number of carbonyl (C=O) groups is 2. The van der Waals surface area contributed by atoms with Crippen molar-refractivity contribution in [3.05, 3.63) is 57.8 Å². The summed E-state index contributed by atoms with van der Waals surface area (Å²) in [6.07, 6.45) is 0. The molecule has 2 amide bonds. The predicted molar refractivity (Wildman–Crippen MR) is 79.5 cm³/mol. The van der Waals surface area contributed by atoms with Gasteiger partial charge in [-0.15, -0.1) is 11.3 Å². The third-order valence-corrected chi connectivity index (χ3v) is 3.64. The lowest BCUT2D eigenvalue weighted by atomic mass is 10.1. The standard InChI is InChI=1S/C15H16N2O2S/c1-11(18)16-9-12-4-6-13(7-5-12)15(19)17-10-14-3-2-8-20-14/h2-8H,9-10H2,1H3,(H,16,18)(H,17,19). The Morgan fingerprint density at radius 1 is 1.05 bits per heavy atom. The minimum Gasteiger partial charge on any atom is -0.352 e. The monoisotopic (exact) mass is 288 g/mol. The maximum absolute atomic E-state index is 11.9. The van der Waals surface area contributed by atoms with Gasteiger partial charge in [0, 0.05) is 23.9 Å². The Morgan fingerprint density at radius 2 is 1.80 bits per heavy atom. The van der Waals surface area contributed by atoms with Crippen LogP contribution in [-0.4, -0.2) is 11.8 Å². The molecule has 0 unspecified atom stereocenters. The summed E-state index contributed by atoms with van der Waals surface area (Å²) < 4.78 is 0. The van der Waals surface area contributed by atoms with Crippen LogP contribution in [0, 0.1) is 0 Å². The van der Waals surface area contributed by atoms with E-state index in [0.717, 1.165) is 10.4 Å². The highest BCUT2D eigenvalue weighted by Gasteiger charge is 2.05. The van der Waals surface area contributed by atoms with Crippen LogP contribution < -0.4 is 10.6 Å². The van der Waals surface area contributed by atoms with Crippen LogP contribution in [0.3, 0.4) is 0 Å². The average Bonchev–Trinajstić information content (AvgIpc) is 2.96. The van der Waals surface area contributed by atoms with Gasteiger partial charge >= 0.3 is 0 Å². The molecule has 0 spiro atoms. The maximum atomic E-state index is 11.9. The van der Waals surface area contributed by atoms with Crippen LogP contribution >= 0.6 is 11.3 Å². The zero-order chi connectivity index (χ0) is 14.4. The molecule has 1 aromatic heterocycles. The van der Waals surface area contributed by atoms with Gasteiger partial charge in [0.05, 0.1) is 6.54 Å². The van der Waals surface area contributed by atoms with Crippen LogP contribution in [0.5, 0.6) is 0 Å². The molecule has 0 aliphatic rings. The van der Waals surface area contributed by atoms with Crippen LogP contribution in [-0.2, 0) is 17.9 Å². The highest BCUT2D eigenvalue weighted by Crippen LogP contribution is 2.09. The van der Waals surface area contributed by atoms with Gasteiger partial charge in [-0.25, -0.2) is 0 Å². The third-order valence-electron chi connectivity index (χ3n) is 2.76. The number of hydrogen-bond acceptors (Lipinski definition) is 3. The Hall–Kier alpha value is -2.14. The Kier molecular flexibility index (Phi) is 4.90. The molecule has 0 atom stereocenters. The highest BCUT2D eigenvalue weighted by atomic mass is 32.1. The Morgan fingerprint density at radius 3 is 2.40 bits per heavy atom. The van der Waals surface area contributed by atoms with Crippen LogP contribution in [0.1, 0.15) is 27.7 Å². The van der Waals surface area contributed by atoms with Gasteiger partial charge in [-0.2, -0.15) is 0 Å². The molecular weight excluding hydrogens is 272 g/mol. The van der Waals surface area contributed by atoms with Gasteiger partial charge in [0.1, 0.15) is 0 Å². The molecule has 20 heavy (non-hydrogen) atoms. The number of thiophene rings is 1. The summed E-state index contributed by atoms with van der Waals surface area (Å²) >= 11 is 1.62. The van der Waals surface area contributed by atoms with Crippen molar-refractivity contribution in [2.24, 2.45) is 0 Å². The van der Waals surface area contributed by atoms with E-state index >= 15 is 0 Å². The van der Waals surface area contributed by atoms with Crippen LogP contribution in [0.2, 0.25) is 0 Å². The summed E-state index contributed by atoms with van der Waals surface area (Å²) in [4.78, 5) is 23.9. The number of amides is 2. The molecule has 104 valence electrons. The van der Waals surface area contributed by atoms with Crippen molar-refractivity contribution in [1.82, 2.24) is 10.6 Å². The molecule has 1 heterocycles. The summed E-state index contributed by atoms with van der Waals surface area (Å²) in [7, 11) is 0. The molecule has 0 radical (unpaired) electrons. The van der Waals surface area contributed by atoms with E-state index in [4.69, 9.17) is 0 Å². The minimum atomic E-state index is -0.0931. The second kappa shape index (κ2) is 6.86. The van der Waals surface area contributed by atoms with Crippen molar-refractivity contribution in [2.75, 3.05) is 0 Å².